The van der Waals surface area contributed by atoms with Crippen LogP contribution in [0.4, 0.5) is 8.78 Å². The van der Waals surface area contributed by atoms with Crippen molar-refractivity contribution >= 4 is 22.9 Å². The number of alkyl halides is 1. The quantitative estimate of drug-likeness (QED) is 0.795. The van der Waals surface area contributed by atoms with Gasteiger partial charge in [-0.2, -0.15) is 0 Å². The second-order valence-electron chi connectivity index (χ2n) is 3.39. The van der Waals surface area contributed by atoms with E-state index in [0.29, 0.717) is 17.3 Å². The minimum absolute atomic E-state index is 0.152. The molecule has 0 aliphatic rings. The van der Waals surface area contributed by atoms with Crippen molar-refractivity contribution in [2.24, 2.45) is 0 Å². The van der Waals surface area contributed by atoms with E-state index in [1.54, 1.807) is 0 Å². The number of aromatic nitrogens is 2. The Bertz CT molecular complexity index is 516. The molecule has 1 aromatic carbocycles. The molecule has 0 spiro atoms. The minimum atomic E-state index is -0.882. The fourth-order valence-electron chi connectivity index (χ4n) is 1.35. The van der Waals surface area contributed by atoms with E-state index in [1.807, 2.05) is 0 Å². The van der Waals surface area contributed by atoms with Gasteiger partial charge in [-0.15, -0.1) is 21.8 Å². The van der Waals surface area contributed by atoms with E-state index >= 15 is 0 Å². The van der Waals surface area contributed by atoms with E-state index in [0.717, 1.165) is 17.5 Å². The van der Waals surface area contributed by atoms with Gasteiger partial charge in [0.25, 0.3) is 0 Å². The SMILES string of the molecule is Fc1cccc(-c2nnc(CCCCl)s2)c1F. The normalized spacial score (nSPS) is 10.8. The van der Waals surface area contributed by atoms with Crippen LogP contribution in [0.2, 0.25) is 0 Å². The van der Waals surface area contributed by atoms with Crippen LogP contribution in [0.1, 0.15) is 11.4 Å². The van der Waals surface area contributed by atoms with Crippen LogP contribution in [-0.4, -0.2) is 16.1 Å². The van der Waals surface area contributed by atoms with Crippen LogP contribution in [0.25, 0.3) is 10.6 Å². The number of hydrogen-bond acceptors (Lipinski definition) is 3. The van der Waals surface area contributed by atoms with Gasteiger partial charge in [0.2, 0.25) is 0 Å². The van der Waals surface area contributed by atoms with Crippen molar-refractivity contribution in [2.75, 3.05) is 5.88 Å². The van der Waals surface area contributed by atoms with Crippen molar-refractivity contribution < 1.29 is 8.78 Å². The van der Waals surface area contributed by atoms with Gasteiger partial charge in [-0.05, 0) is 18.6 Å². The molecule has 0 unspecified atom stereocenters. The Morgan fingerprint density at radius 1 is 1.24 bits per heavy atom. The van der Waals surface area contributed by atoms with E-state index < -0.39 is 11.6 Å². The molecule has 0 aliphatic carbocycles. The molecule has 0 radical (unpaired) electrons. The second kappa shape index (κ2) is 5.51. The molecule has 0 saturated heterocycles. The number of halogens is 3. The molecule has 1 aromatic heterocycles. The summed E-state index contributed by atoms with van der Waals surface area (Å²) in [4.78, 5) is 0. The average molecular weight is 275 g/mol. The van der Waals surface area contributed by atoms with Gasteiger partial charge in [-0.3, -0.25) is 0 Å². The number of nitrogens with zero attached hydrogens (tertiary/aromatic N) is 2. The maximum Gasteiger partial charge on any atom is 0.169 e. The zero-order chi connectivity index (χ0) is 12.3. The third-order valence-corrected chi connectivity index (χ3v) is 3.46. The maximum atomic E-state index is 13.5. The predicted molar refractivity (Wildman–Crippen MR) is 64.3 cm³/mol. The summed E-state index contributed by atoms with van der Waals surface area (Å²) in [6, 6.07) is 4.02. The molecule has 6 heteroatoms. The highest BCUT2D eigenvalue weighted by atomic mass is 35.5. The lowest BCUT2D eigenvalue weighted by atomic mass is 10.2. The topological polar surface area (TPSA) is 25.8 Å². The molecule has 17 heavy (non-hydrogen) atoms. The van der Waals surface area contributed by atoms with Crippen LogP contribution < -0.4 is 0 Å². The fraction of sp³-hybridized carbons (Fsp3) is 0.273. The average Bonchev–Trinajstić information content (AvgIpc) is 2.78. The third-order valence-electron chi connectivity index (χ3n) is 2.17. The lowest BCUT2D eigenvalue weighted by molar-refractivity contribution is 0.511. The monoisotopic (exact) mass is 274 g/mol. The Morgan fingerprint density at radius 3 is 2.82 bits per heavy atom. The second-order valence-corrected chi connectivity index (χ2v) is 4.83. The maximum absolute atomic E-state index is 13.5. The van der Waals surface area contributed by atoms with Gasteiger partial charge in [0.15, 0.2) is 16.6 Å². The molecular formula is C11H9ClF2N2S. The van der Waals surface area contributed by atoms with Crippen LogP contribution in [0.5, 0.6) is 0 Å². The van der Waals surface area contributed by atoms with E-state index in [2.05, 4.69) is 10.2 Å². The minimum Gasteiger partial charge on any atom is -0.204 e. The number of rotatable bonds is 4. The van der Waals surface area contributed by atoms with E-state index in [1.165, 1.54) is 23.5 Å². The van der Waals surface area contributed by atoms with Gasteiger partial charge >= 0.3 is 0 Å². The van der Waals surface area contributed by atoms with Crippen molar-refractivity contribution in [3.8, 4) is 10.6 Å². The zero-order valence-corrected chi connectivity index (χ0v) is 10.4. The molecule has 0 aliphatic heterocycles. The first-order chi connectivity index (χ1) is 8.22. The highest BCUT2D eigenvalue weighted by molar-refractivity contribution is 7.14. The smallest absolute Gasteiger partial charge is 0.169 e. The predicted octanol–water partition coefficient (Wildman–Crippen LogP) is 3.65. The Morgan fingerprint density at radius 2 is 2.06 bits per heavy atom. The van der Waals surface area contributed by atoms with Crippen LogP contribution in [0, 0.1) is 11.6 Å². The van der Waals surface area contributed by atoms with Crippen molar-refractivity contribution in [1.29, 1.82) is 0 Å². The molecule has 2 aromatic rings. The Kier molecular flexibility index (Phi) is 4.02. The zero-order valence-electron chi connectivity index (χ0n) is 8.79. The largest absolute Gasteiger partial charge is 0.204 e. The molecule has 0 atom stereocenters. The summed E-state index contributed by atoms with van der Waals surface area (Å²) in [5.74, 6) is -1.21. The van der Waals surface area contributed by atoms with Gasteiger partial charge in [0.1, 0.15) is 5.01 Å². The Hall–Kier alpha value is -1.07. The third kappa shape index (κ3) is 2.79. The fourth-order valence-corrected chi connectivity index (χ4v) is 2.38. The molecule has 1 heterocycles. The summed E-state index contributed by atoms with van der Waals surface area (Å²) in [5, 5.41) is 8.96. The standard InChI is InChI=1S/C11H9ClF2N2S/c12-6-2-5-9-15-16-11(17-9)7-3-1-4-8(13)10(7)14/h1,3-4H,2,5-6H2. The lowest BCUT2D eigenvalue weighted by Gasteiger charge is -1.98. The molecular weight excluding hydrogens is 266 g/mol. The highest BCUT2D eigenvalue weighted by Gasteiger charge is 2.13. The summed E-state index contributed by atoms with van der Waals surface area (Å²) >= 11 is 6.83. The highest BCUT2D eigenvalue weighted by Crippen LogP contribution is 2.27. The first-order valence-corrected chi connectivity index (χ1v) is 6.40. The van der Waals surface area contributed by atoms with Gasteiger partial charge in [-0.25, -0.2) is 8.78 Å². The van der Waals surface area contributed by atoms with E-state index in [9.17, 15) is 8.78 Å². The number of benzene rings is 1. The van der Waals surface area contributed by atoms with Gasteiger partial charge in [-0.1, -0.05) is 17.4 Å². The summed E-state index contributed by atoms with van der Waals surface area (Å²) in [6.45, 7) is 0. The molecule has 2 nitrogen and oxygen atoms in total. The van der Waals surface area contributed by atoms with Crippen LogP contribution >= 0.6 is 22.9 Å². The van der Waals surface area contributed by atoms with Crippen molar-refractivity contribution in [1.82, 2.24) is 10.2 Å². The van der Waals surface area contributed by atoms with E-state index in [-0.39, 0.29) is 5.56 Å². The van der Waals surface area contributed by atoms with Crippen molar-refractivity contribution in [2.45, 2.75) is 12.8 Å². The summed E-state index contributed by atoms with van der Waals surface area (Å²) in [5.41, 5.74) is 0.152. The lowest BCUT2D eigenvalue weighted by Crippen LogP contribution is -1.88. The molecule has 2 rings (SSSR count). The van der Waals surface area contributed by atoms with Crippen molar-refractivity contribution in [3.63, 3.8) is 0 Å². The number of hydrogen-bond donors (Lipinski definition) is 0. The Labute approximate surface area is 106 Å². The van der Waals surface area contributed by atoms with Crippen LogP contribution in [0.3, 0.4) is 0 Å². The van der Waals surface area contributed by atoms with E-state index in [4.69, 9.17) is 11.6 Å². The van der Waals surface area contributed by atoms with Crippen LogP contribution in [0.15, 0.2) is 18.2 Å². The molecule has 0 amide bonds. The molecule has 0 saturated carbocycles. The Balaban J connectivity index is 2.27. The molecule has 0 fully saturated rings. The molecule has 0 bridgehead atoms. The first kappa shape index (κ1) is 12.4. The van der Waals surface area contributed by atoms with Gasteiger partial charge in [0.05, 0.1) is 5.56 Å². The van der Waals surface area contributed by atoms with Gasteiger partial charge < -0.3 is 0 Å². The van der Waals surface area contributed by atoms with Crippen LogP contribution in [-0.2, 0) is 6.42 Å². The van der Waals surface area contributed by atoms with Crippen molar-refractivity contribution in [3.05, 3.63) is 34.8 Å². The summed E-state index contributed by atoms with van der Waals surface area (Å²) < 4.78 is 26.5. The first-order valence-electron chi connectivity index (χ1n) is 5.05. The summed E-state index contributed by atoms with van der Waals surface area (Å²) in [7, 11) is 0. The summed E-state index contributed by atoms with van der Waals surface area (Å²) in [6.07, 6.45) is 1.50. The molecule has 90 valence electrons. The van der Waals surface area contributed by atoms with Gasteiger partial charge in [0, 0.05) is 12.3 Å². The molecule has 0 N–H and O–H groups in total. The number of aryl methyl sites for hydroxylation is 1.